The molecule has 0 spiro atoms. The third kappa shape index (κ3) is 3.52. The van der Waals surface area contributed by atoms with Crippen molar-refractivity contribution in [2.75, 3.05) is 25.3 Å². The summed E-state index contributed by atoms with van der Waals surface area (Å²) in [6.07, 6.45) is 1.81. The topological polar surface area (TPSA) is 66.0 Å². The zero-order valence-corrected chi connectivity index (χ0v) is 18.7. The number of anilines is 1. The van der Waals surface area contributed by atoms with Crippen LogP contribution in [0.3, 0.4) is 0 Å². The second-order valence-electron chi connectivity index (χ2n) is 9.16. The highest BCUT2D eigenvalue weighted by molar-refractivity contribution is 5.84. The average molecular weight is 436 g/mol. The van der Waals surface area contributed by atoms with E-state index in [0.29, 0.717) is 13.2 Å². The summed E-state index contributed by atoms with van der Waals surface area (Å²) in [7, 11) is 0. The number of amides is 1. The summed E-state index contributed by atoms with van der Waals surface area (Å²) in [5.74, 6) is 2.24. The highest BCUT2D eigenvalue weighted by atomic mass is 16.7. The fourth-order valence-corrected chi connectivity index (χ4v) is 5.52. The normalized spacial score (nSPS) is 30.4. The van der Waals surface area contributed by atoms with Gasteiger partial charge in [0, 0.05) is 17.0 Å². The Bertz CT molecular complexity index is 1040. The van der Waals surface area contributed by atoms with Crippen molar-refractivity contribution in [3.05, 3.63) is 65.7 Å². The van der Waals surface area contributed by atoms with Crippen molar-refractivity contribution >= 4 is 11.8 Å². The maximum Gasteiger partial charge on any atom is 0.411 e. The van der Waals surface area contributed by atoms with E-state index in [0.717, 1.165) is 22.7 Å². The number of rotatable bonds is 4. The molecule has 168 valence electrons. The molecule has 0 unspecified atom stereocenters. The van der Waals surface area contributed by atoms with Crippen molar-refractivity contribution in [2.45, 2.75) is 26.9 Å². The van der Waals surface area contributed by atoms with Crippen LogP contribution in [0.5, 0.6) is 11.5 Å². The van der Waals surface area contributed by atoms with Gasteiger partial charge in [-0.2, -0.15) is 0 Å². The summed E-state index contributed by atoms with van der Waals surface area (Å²) >= 11 is 0. The van der Waals surface area contributed by atoms with Crippen molar-refractivity contribution < 1.29 is 23.7 Å². The molecule has 2 aromatic carbocycles. The molecule has 1 aliphatic carbocycles. The fraction of sp³-hybridized carbons (Fsp3) is 0.423. The minimum absolute atomic E-state index is 0.0745. The highest BCUT2D eigenvalue weighted by Crippen LogP contribution is 2.56. The molecule has 3 aliphatic rings. The fourth-order valence-electron chi connectivity index (χ4n) is 5.52. The van der Waals surface area contributed by atoms with Gasteiger partial charge in [-0.3, -0.25) is 5.32 Å². The lowest BCUT2D eigenvalue weighted by molar-refractivity contribution is -0.165. The van der Waals surface area contributed by atoms with Crippen LogP contribution in [0.2, 0.25) is 0 Å². The Morgan fingerprint density at radius 2 is 1.91 bits per heavy atom. The zero-order chi connectivity index (χ0) is 22.3. The first-order valence-electron chi connectivity index (χ1n) is 11.2. The molecule has 1 fully saturated rings. The molecule has 1 amide bonds. The summed E-state index contributed by atoms with van der Waals surface area (Å²) in [6.45, 7) is 7.72. The lowest BCUT2D eigenvalue weighted by Crippen LogP contribution is -2.54. The number of carbonyl (C=O) groups is 1. The van der Waals surface area contributed by atoms with Crippen LogP contribution < -0.4 is 14.8 Å². The molecule has 2 aliphatic heterocycles. The number of nitrogens with one attached hydrogen (secondary N) is 1. The number of benzene rings is 2. The summed E-state index contributed by atoms with van der Waals surface area (Å²) in [6, 6.07) is 15.4. The lowest BCUT2D eigenvalue weighted by Gasteiger charge is -2.55. The van der Waals surface area contributed by atoms with E-state index < -0.39 is 6.09 Å². The SMILES string of the molecule is CC1=C[C@H](C)[C@@]2(COC(=O)Nc3ccccc3)CO[C@@H](c3ccc4c(c3)OCO4)[C@H]1[C@H]2C. The largest absolute Gasteiger partial charge is 0.454 e. The average Bonchev–Trinajstić information content (AvgIpc) is 3.25. The van der Waals surface area contributed by atoms with E-state index in [-0.39, 0.29) is 36.1 Å². The van der Waals surface area contributed by atoms with E-state index in [4.69, 9.17) is 18.9 Å². The van der Waals surface area contributed by atoms with Gasteiger partial charge in [-0.25, -0.2) is 4.79 Å². The van der Waals surface area contributed by atoms with E-state index in [1.807, 2.05) is 42.5 Å². The van der Waals surface area contributed by atoms with Crippen molar-refractivity contribution in [1.29, 1.82) is 0 Å². The molecule has 6 nitrogen and oxygen atoms in total. The molecule has 0 aromatic heterocycles. The summed E-state index contributed by atoms with van der Waals surface area (Å²) in [5, 5.41) is 2.81. The first kappa shape index (κ1) is 20.9. The highest BCUT2D eigenvalue weighted by Gasteiger charge is 2.54. The predicted molar refractivity (Wildman–Crippen MR) is 121 cm³/mol. The summed E-state index contributed by atoms with van der Waals surface area (Å²) < 4.78 is 23.3. The van der Waals surface area contributed by atoms with E-state index >= 15 is 0 Å². The number of carbonyl (C=O) groups excluding carboxylic acids is 1. The molecular weight excluding hydrogens is 406 g/mol. The predicted octanol–water partition coefficient (Wildman–Crippen LogP) is 5.57. The van der Waals surface area contributed by atoms with Crippen molar-refractivity contribution in [2.24, 2.45) is 23.2 Å². The van der Waals surface area contributed by atoms with Crippen molar-refractivity contribution in [3.8, 4) is 11.5 Å². The number of allylic oxidation sites excluding steroid dienone is 1. The Morgan fingerprint density at radius 3 is 2.72 bits per heavy atom. The van der Waals surface area contributed by atoms with Gasteiger partial charge in [0.1, 0.15) is 6.61 Å². The molecule has 0 radical (unpaired) electrons. The number of hydrogen-bond acceptors (Lipinski definition) is 5. The molecule has 5 rings (SSSR count). The summed E-state index contributed by atoms with van der Waals surface area (Å²) in [5.41, 5.74) is 2.85. The van der Waals surface area contributed by atoms with E-state index in [1.54, 1.807) is 0 Å². The Morgan fingerprint density at radius 1 is 1.12 bits per heavy atom. The van der Waals surface area contributed by atoms with Crippen LogP contribution in [0.25, 0.3) is 0 Å². The van der Waals surface area contributed by atoms with Crippen LogP contribution in [0.15, 0.2) is 60.2 Å². The quantitative estimate of drug-likeness (QED) is 0.636. The van der Waals surface area contributed by atoms with Gasteiger partial charge in [-0.15, -0.1) is 0 Å². The van der Waals surface area contributed by atoms with Gasteiger partial charge in [0.05, 0.1) is 12.7 Å². The van der Waals surface area contributed by atoms with Gasteiger partial charge in [-0.05, 0) is 48.6 Å². The Labute approximate surface area is 188 Å². The summed E-state index contributed by atoms with van der Waals surface area (Å²) in [4.78, 5) is 12.5. The second kappa shape index (κ2) is 8.17. The lowest BCUT2D eigenvalue weighted by atomic mass is 9.56. The van der Waals surface area contributed by atoms with E-state index in [1.165, 1.54) is 5.57 Å². The number of para-hydroxylation sites is 1. The van der Waals surface area contributed by atoms with Crippen molar-refractivity contribution in [1.82, 2.24) is 0 Å². The van der Waals surface area contributed by atoms with Crippen LogP contribution in [0.4, 0.5) is 10.5 Å². The zero-order valence-electron chi connectivity index (χ0n) is 18.7. The van der Waals surface area contributed by atoms with Gasteiger partial charge < -0.3 is 18.9 Å². The van der Waals surface area contributed by atoms with Crippen LogP contribution in [0.1, 0.15) is 32.4 Å². The Hall–Kier alpha value is -2.99. The molecule has 32 heavy (non-hydrogen) atoms. The Kier molecular flexibility index (Phi) is 5.33. The molecule has 2 bridgehead atoms. The van der Waals surface area contributed by atoms with E-state index in [9.17, 15) is 4.79 Å². The maximum absolute atomic E-state index is 12.5. The molecule has 5 atom stereocenters. The first-order chi connectivity index (χ1) is 15.5. The third-order valence-corrected chi connectivity index (χ3v) is 7.47. The smallest absolute Gasteiger partial charge is 0.411 e. The minimum Gasteiger partial charge on any atom is -0.454 e. The molecule has 6 heteroatoms. The van der Waals surface area contributed by atoms with Gasteiger partial charge in [0.25, 0.3) is 0 Å². The van der Waals surface area contributed by atoms with Gasteiger partial charge in [-0.1, -0.05) is 49.8 Å². The first-order valence-corrected chi connectivity index (χ1v) is 11.2. The van der Waals surface area contributed by atoms with Gasteiger partial charge in [0.15, 0.2) is 11.5 Å². The van der Waals surface area contributed by atoms with Crippen molar-refractivity contribution in [3.63, 3.8) is 0 Å². The molecule has 2 aromatic rings. The molecule has 1 N–H and O–H groups in total. The van der Waals surface area contributed by atoms with Gasteiger partial charge in [0.2, 0.25) is 6.79 Å². The molecular formula is C26H29NO5. The maximum atomic E-state index is 12.5. The van der Waals surface area contributed by atoms with Gasteiger partial charge >= 0.3 is 6.09 Å². The number of fused-ring (bicyclic) bond motifs is 3. The van der Waals surface area contributed by atoms with E-state index in [2.05, 4.69) is 38.2 Å². The Balaban J connectivity index is 1.35. The minimum atomic E-state index is -0.439. The molecule has 0 saturated carbocycles. The number of hydrogen-bond donors (Lipinski definition) is 1. The standard InChI is InChI=1S/C26H29NO5/c1-16-11-17(2)26(14-30-25(28)27-20-7-5-4-6-8-20)13-29-24(23(16)18(26)3)19-9-10-21-22(12-19)32-15-31-21/h4-12,17-18,23-24H,13-15H2,1-3H3,(H,27,28)/t17-,18+,23+,24-,26-/m0/s1. The monoisotopic (exact) mass is 435 g/mol. The van der Waals surface area contributed by atoms with Crippen LogP contribution in [0, 0.1) is 23.2 Å². The number of ether oxygens (including phenoxy) is 4. The van der Waals surface area contributed by atoms with Crippen LogP contribution >= 0.6 is 0 Å². The van der Waals surface area contributed by atoms with Crippen LogP contribution in [-0.2, 0) is 9.47 Å². The second-order valence-corrected chi connectivity index (χ2v) is 9.16. The van der Waals surface area contributed by atoms with Crippen LogP contribution in [-0.4, -0.2) is 26.1 Å². The molecule has 2 heterocycles. The third-order valence-electron chi connectivity index (χ3n) is 7.47. The molecule has 1 saturated heterocycles.